The molecule has 8 heteroatoms. The maximum absolute atomic E-state index is 12.7. The lowest BCUT2D eigenvalue weighted by Crippen LogP contribution is -2.50. The molecular formula is C23H27N5O3. The summed E-state index contributed by atoms with van der Waals surface area (Å²) in [5, 5.41) is 7.00. The maximum Gasteiger partial charge on any atom is 0.322 e. The molecule has 1 aliphatic heterocycles. The molecule has 0 aliphatic carbocycles. The second kappa shape index (κ2) is 9.07. The third-order valence-electron chi connectivity index (χ3n) is 5.42. The first-order valence-electron chi connectivity index (χ1n) is 10.5. The Labute approximate surface area is 181 Å². The molecule has 0 radical (unpaired) electrons. The number of hydrogen-bond donors (Lipinski definition) is 1. The van der Waals surface area contributed by atoms with Gasteiger partial charge in [0.1, 0.15) is 5.75 Å². The molecule has 8 nitrogen and oxygen atoms in total. The Balaban J connectivity index is 1.35. The van der Waals surface area contributed by atoms with Gasteiger partial charge in [-0.3, -0.25) is 0 Å². The van der Waals surface area contributed by atoms with Crippen molar-refractivity contribution in [3.8, 4) is 17.1 Å². The topological polar surface area (TPSA) is 83.7 Å². The van der Waals surface area contributed by atoms with Gasteiger partial charge >= 0.3 is 6.03 Å². The van der Waals surface area contributed by atoms with Crippen LogP contribution in [0.1, 0.15) is 18.4 Å². The van der Waals surface area contributed by atoms with Gasteiger partial charge in [0.2, 0.25) is 11.7 Å². The fraction of sp³-hybridized carbons (Fsp3) is 0.348. The molecule has 0 atom stereocenters. The van der Waals surface area contributed by atoms with E-state index in [1.165, 1.54) is 0 Å². The number of piperazine rings is 1. The minimum atomic E-state index is -0.109. The molecule has 0 bridgehead atoms. The van der Waals surface area contributed by atoms with Gasteiger partial charge in [0, 0.05) is 43.9 Å². The van der Waals surface area contributed by atoms with Crippen LogP contribution in [0.4, 0.5) is 16.2 Å². The van der Waals surface area contributed by atoms with Crippen LogP contribution in [0.2, 0.25) is 0 Å². The molecule has 0 spiro atoms. The summed E-state index contributed by atoms with van der Waals surface area (Å²) in [7, 11) is 1.60. The zero-order valence-corrected chi connectivity index (χ0v) is 18.1. The van der Waals surface area contributed by atoms with Crippen LogP contribution in [0.15, 0.2) is 47.0 Å². The first-order valence-corrected chi connectivity index (χ1v) is 10.5. The van der Waals surface area contributed by atoms with E-state index >= 15 is 0 Å². The number of rotatable bonds is 5. The molecule has 31 heavy (non-hydrogen) atoms. The summed E-state index contributed by atoms with van der Waals surface area (Å²) in [6, 6.07) is 13.8. The SMILES string of the molecule is CCc1nc(-c2ccc(N3CCN(C(=O)Nc4cc(C)ccc4OC)CC3)cc2)no1. The summed E-state index contributed by atoms with van der Waals surface area (Å²) in [4.78, 5) is 21.2. The quantitative estimate of drug-likeness (QED) is 0.671. The number of carbonyl (C=O) groups excluding carboxylic acids is 1. The third kappa shape index (κ3) is 4.63. The highest BCUT2D eigenvalue weighted by Crippen LogP contribution is 2.26. The van der Waals surface area contributed by atoms with Crippen LogP contribution in [0.25, 0.3) is 11.4 Å². The molecule has 1 fully saturated rings. The minimum absolute atomic E-state index is 0.109. The molecule has 4 rings (SSSR count). The van der Waals surface area contributed by atoms with Gasteiger partial charge in [-0.2, -0.15) is 4.98 Å². The van der Waals surface area contributed by atoms with E-state index < -0.39 is 0 Å². The van der Waals surface area contributed by atoms with Gasteiger partial charge in [-0.1, -0.05) is 18.1 Å². The molecule has 1 aromatic heterocycles. The average Bonchev–Trinajstić information content (AvgIpc) is 3.29. The number of carbonyl (C=O) groups is 1. The van der Waals surface area contributed by atoms with E-state index in [1.807, 2.05) is 49.1 Å². The smallest absolute Gasteiger partial charge is 0.322 e. The lowest BCUT2D eigenvalue weighted by Gasteiger charge is -2.36. The van der Waals surface area contributed by atoms with Crippen LogP contribution in [-0.2, 0) is 6.42 Å². The number of aryl methyl sites for hydroxylation is 2. The summed E-state index contributed by atoms with van der Waals surface area (Å²) in [5.74, 6) is 1.90. The van der Waals surface area contributed by atoms with Crippen molar-refractivity contribution in [3.05, 3.63) is 53.9 Å². The predicted octanol–water partition coefficient (Wildman–Crippen LogP) is 3.97. The fourth-order valence-electron chi connectivity index (χ4n) is 3.62. The number of aromatic nitrogens is 2. The molecule has 2 amide bonds. The number of nitrogens with zero attached hydrogens (tertiary/aromatic N) is 4. The van der Waals surface area contributed by atoms with E-state index in [0.717, 1.165) is 36.3 Å². The van der Waals surface area contributed by atoms with E-state index in [9.17, 15) is 4.79 Å². The number of nitrogens with one attached hydrogen (secondary N) is 1. The summed E-state index contributed by atoms with van der Waals surface area (Å²) in [5.41, 5.74) is 3.80. The molecule has 1 N–H and O–H groups in total. The van der Waals surface area contributed by atoms with Crippen molar-refractivity contribution in [1.82, 2.24) is 15.0 Å². The van der Waals surface area contributed by atoms with Gasteiger partial charge in [0.15, 0.2) is 0 Å². The molecule has 2 aromatic carbocycles. The van der Waals surface area contributed by atoms with E-state index in [-0.39, 0.29) is 6.03 Å². The molecule has 1 aliphatic rings. The van der Waals surface area contributed by atoms with Crippen LogP contribution in [0, 0.1) is 6.92 Å². The highest BCUT2D eigenvalue weighted by Gasteiger charge is 2.22. The number of benzene rings is 2. The monoisotopic (exact) mass is 421 g/mol. The van der Waals surface area contributed by atoms with Gasteiger partial charge in [0.05, 0.1) is 12.8 Å². The summed E-state index contributed by atoms with van der Waals surface area (Å²) in [6.07, 6.45) is 0.722. The van der Waals surface area contributed by atoms with E-state index in [1.54, 1.807) is 7.11 Å². The molecule has 2 heterocycles. The van der Waals surface area contributed by atoms with E-state index in [4.69, 9.17) is 9.26 Å². The first kappa shape index (κ1) is 20.7. The van der Waals surface area contributed by atoms with Gasteiger partial charge in [-0.15, -0.1) is 0 Å². The molecular weight excluding hydrogens is 394 g/mol. The number of amides is 2. The van der Waals surface area contributed by atoms with Gasteiger partial charge < -0.3 is 24.4 Å². The average molecular weight is 422 g/mol. The summed E-state index contributed by atoms with van der Waals surface area (Å²) >= 11 is 0. The molecule has 1 saturated heterocycles. The Hall–Kier alpha value is -3.55. The number of methoxy groups -OCH3 is 1. The zero-order chi connectivity index (χ0) is 21.8. The Kier molecular flexibility index (Phi) is 6.06. The minimum Gasteiger partial charge on any atom is -0.495 e. The van der Waals surface area contributed by atoms with Crippen molar-refractivity contribution < 1.29 is 14.1 Å². The fourth-order valence-corrected chi connectivity index (χ4v) is 3.62. The standard InChI is InChI=1S/C23H27N5O3/c1-4-21-25-22(26-31-21)17-6-8-18(9-7-17)27-11-13-28(14-12-27)23(29)24-19-15-16(2)5-10-20(19)30-3/h5-10,15H,4,11-14H2,1-3H3,(H,24,29). The van der Waals surface area contributed by atoms with Gasteiger partial charge in [-0.25, -0.2) is 4.79 Å². The van der Waals surface area contributed by atoms with Crippen molar-refractivity contribution in [2.75, 3.05) is 43.5 Å². The lowest BCUT2D eigenvalue weighted by molar-refractivity contribution is 0.208. The molecule has 3 aromatic rings. The number of anilines is 2. The summed E-state index contributed by atoms with van der Waals surface area (Å²) < 4.78 is 10.5. The van der Waals surface area contributed by atoms with Crippen molar-refractivity contribution >= 4 is 17.4 Å². The molecule has 0 unspecified atom stereocenters. The number of hydrogen-bond acceptors (Lipinski definition) is 6. The van der Waals surface area contributed by atoms with E-state index in [2.05, 4.69) is 32.5 Å². The van der Waals surface area contributed by atoms with Crippen LogP contribution in [0.3, 0.4) is 0 Å². The van der Waals surface area contributed by atoms with Crippen molar-refractivity contribution in [2.45, 2.75) is 20.3 Å². The largest absolute Gasteiger partial charge is 0.495 e. The highest BCUT2D eigenvalue weighted by molar-refractivity contribution is 5.91. The van der Waals surface area contributed by atoms with Crippen LogP contribution < -0.4 is 15.0 Å². The van der Waals surface area contributed by atoms with Crippen molar-refractivity contribution in [1.29, 1.82) is 0 Å². The van der Waals surface area contributed by atoms with Crippen molar-refractivity contribution in [3.63, 3.8) is 0 Å². The third-order valence-corrected chi connectivity index (χ3v) is 5.42. The second-order valence-electron chi connectivity index (χ2n) is 7.52. The maximum atomic E-state index is 12.7. The Morgan fingerprint density at radius 2 is 1.87 bits per heavy atom. The Bertz CT molecular complexity index is 1040. The Morgan fingerprint density at radius 3 is 2.52 bits per heavy atom. The highest BCUT2D eigenvalue weighted by atomic mass is 16.5. The van der Waals surface area contributed by atoms with Gasteiger partial charge in [0.25, 0.3) is 0 Å². The first-order chi connectivity index (χ1) is 15.1. The van der Waals surface area contributed by atoms with E-state index in [0.29, 0.717) is 36.2 Å². The summed E-state index contributed by atoms with van der Waals surface area (Å²) in [6.45, 7) is 6.79. The zero-order valence-electron chi connectivity index (χ0n) is 18.1. The van der Waals surface area contributed by atoms with Crippen molar-refractivity contribution in [2.24, 2.45) is 0 Å². The normalized spacial score (nSPS) is 13.9. The second-order valence-corrected chi connectivity index (χ2v) is 7.52. The lowest BCUT2D eigenvalue weighted by atomic mass is 10.1. The van der Waals surface area contributed by atoms with Crippen LogP contribution in [-0.4, -0.2) is 54.4 Å². The Morgan fingerprint density at radius 1 is 1.13 bits per heavy atom. The van der Waals surface area contributed by atoms with Gasteiger partial charge in [-0.05, 0) is 48.9 Å². The van der Waals surface area contributed by atoms with Crippen LogP contribution >= 0.6 is 0 Å². The molecule has 0 saturated carbocycles. The number of urea groups is 1. The predicted molar refractivity (Wildman–Crippen MR) is 120 cm³/mol. The number of ether oxygens (including phenoxy) is 1. The van der Waals surface area contributed by atoms with Crippen LogP contribution in [0.5, 0.6) is 5.75 Å². The molecule has 162 valence electrons.